The minimum absolute atomic E-state index is 0.245. The molecule has 0 radical (unpaired) electrons. The fraction of sp³-hybridized carbons (Fsp3) is 0.182. The number of nitrogens with one attached hydrogen (secondary N) is 2. The van der Waals surface area contributed by atoms with E-state index >= 15 is 0 Å². The monoisotopic (exact) mass is 438 g/mol. The van der Waals surface area contributed by atoms with Crippen LogP contribution in [-0.2, 0) is 4.79 Å². The van der Waals surface area contributed by atoms with E-state index in [0.717, 1.165) is 0 Å². The fourth-order valence-electron chi connectivity index (χ4n) is 2.78. The predicted octanol–water partition coefficient (Wildman–Crippen LogP) is 2.66. The third-order valence-electron chi connectivity index (χ3n) is 4.22. The molecule has 2 aromatic carbocycles. The lowest BCUT2D eigenvalue weighted by atomic mass is 10.1. The third kappa shape index (κ3) is 5.63. The second-order valence-electron chi connectivity index (χ2n) is 6.32. The number of amides is 2. The number of carbonyl (C=O) groups excluding carboxylic acids is 2. The number of hydrogen-bond donors (Lipinski definition) is 2. The van der Waals surface area contributed by atoms with Crippen LogP contribution in [0.25, 0.3) is 0 Å². The molecule has 0 atom stereocenters. The van der Waals surface area contributed by atoms with Gasteiger partial charge in [-0.2, -0.15) is 0 Å². The Bertz CT molecular complexity index is 1070. The first-order chi connectivity index (χ1) is 15.5. The molecule has 0 fully saturated rings. The highest BCUT2D eigenvalue weighted by molar-refractivity contribution is 6.00. The van der Waals surface area contributed by atoms with Crippen molar-refractivity contribution < 1.29 is 28.5 Å². The SMILES string of the molecule is COc1cc(C(=O)NCC(=O)Nc2cccc(Oc3cnccn3)c2)cc(OC)c1OC. The number of anilines is 1. The molecule has 10 nitrogen and oxygen atoms in total. The Morgan fingerprint density at radius 2 is 1.72 bits per heavy atom. The molecule has 0 aliphatic heterocycles. The first-order valence-corrected chi connectivity index (χ1v) is 9.46. The molecule has 0 unspecified atom stereocenters. The summed E-state index contributed by atoms with van der Waals surface area (Å²) in [6, 6.07) is 9.77. The van der Waals surface area contributed by atoms with Gasteiger partial charge in [-0.3, -0.25) is 14.6 Å². The molecule has 3 aromatic rings. The van der Waals surface area contributed by atoms with Gasteiger partial charge >= 0.3 is 0 Å². The molecule has 0 aliphatic carbocycles. The maximum atomic E-state index is 12.5. The average molecular weight is 438 g/mol. The van der Waals surface area contributed by atoms with Crippen LogP contribution >= 0.6 is 0 Å². The predicted molar refractivity (Wildman–Crippen MR) is 116 cm³/mol. The molecule has 0 saturated carbocycles. The Balaban J connectivity index is 1.60. The first-order valence-electron chi connectivity index (χ1n) is 9.46. The van der Waals surface area contributed by atoms with E-state index in [2.05, 4.69) is 20.6 Å². The summed E-state index contributed by atoms with van der Waals surface area (Å²) in [4.78, 5) is 32.8. The summed E-state index contributed by atoms with van der Waals surface area (Å²) in [5, 5.41) is 5.26. The van der Waals surface area contributed by atoms with Gasteiger partial charge in [0.25, 0.3) is 5.91 Å². The van der Waals surface area contributed by atoms with Crippen molar-refractivity contribution in [3.63, 3.8) is 0 Å². The largest absolute Gasteiger partial charge is 0.493 e. The van der Waals surface area contributed by atoms with Crippen molar-refractivity contribution in [1.29, 1.82) is 0 Å². The Labute approximate surface area is 184 Å². The molecule has 32 heavy (non-hydrogen) atoms. The van der Waals surface area contributed by atoms with Gasteiger partial charge in [0.15, 0.2) is 11.5 Å². The molecule has 1 aromatic heterocycles. The van der Waals surface area contributed by atoms with E-state index in [1.54, 1.807) is 24.3 Å². The van der Waals surface area contributed by atoms with E-state index in [4.69, 9.17) is 18.9 Å². The van der Waals surface area contributed by atoms with Gasteiger partial charge in [0.1, 0.15) is 5.75 Å². The van der Waals surface area contributed by atoms with E-state index < -0.39 is 11.8 Å². The molecular formula is C22H22N4O6. The van der Waals surface area contributed by atoms with E-state index in [9.17, 15) is 9.59 Å². The van der Waals surface area contributed by atoms with Gasteiger partial charge in [-0.1, -0.05) is 6.07 Å². The minimum atomic E-state index is -0.473. The van der Waals surface area contributed by atoms with Gasteiger partial charge in [-0.15, -0.1) is 0 Å². The van der Waals surface area contributed by atoms with Crippen LogP contribution in [0.4, 0.5) is 5.69 Å². The maximum absolute atomic E-state index is 12.5. The van der Waals surface area contributed by atoms with Crippen LogP contribution in [0.3, 0.4) is 0 Å². The maximum Gasteiger partial charge on any atom is 0.251 e. The lowest BCUT2D eigenvalue weighted by Crippen LogP contribution is -2.32. The van der Waals surface area contributed by atoms with Crippen LogP contribution in [0.1, 0.15) is 10.4 Å². The van der Waals surface area contributed by atoms with Gasteiger partial charge in [-0.25, -0.2) is 4.98 Å². The summed E-state index contributed by atoms with van der Waals surface area (Å²) in [6.45, 7) is -0.245. The number of ether oxygens (including phenoxy) is 4. The van der Waals surface area contributed by atoms with Gasteiger partial charge in [-0.05, 0) is 24.3 Å². The average Bonchev–Trinajstić information content (AvgIpc) is 2.82. The molecule has 0 spiro atoms. The molecule has 2 amide bonds. The van der Waals surface area contributed by atoms with Crippen molar-refractivity contribution in [3.05, 3.63) is 60.6 Å². The van der Waals surface area contributed by atoms with Crippen molar-refractivity contribution in [1.82, 2.24) is 15.3 Å². The molecule has 10 heteroatoms. The summed E-state index contributed by atoms with van der Waals surface area (Å²) in [7, 11) is 4.38. The molecular weight excluding hydrogens is 416 g/mol. The fourth-order valence-corrected chi connectivity index (χ4v) is 2.78. The first kappa shape index (κ1) is 22.3. The van der Waals surface area contributed by atoms with Gasteiger partial charge in [0.05, 0.1) is 34.1 Å². The molecule has 2 N–H and O–H groups in total. The second kappa shape index (κ2) is 10.6. The third-order valence-corrected chi connectivity index (χ3v) is 4.22. The molecule has 166 valence electrons. The number of benzene rings is 2. The summed E-state index contributed by atoms with van der Waals surface area (Å²) in [6.07, 6.45) is 4.53. The number of methoxy groups -OCH3 is 3. The van der Waals surface area contributed by atoms with Crippen molar-refractivity contribution >= 4 is 17.5 Å². The summed E-state index contributed by atoms with van der Waals surface area (Å²) in [5.41, 5.74) is 0.755. The highest BCUT2D eigenvalue weighted by atomic mass is 16.5. The second-order valence-corrected chi connectivity index (χ2v) is 6.32. The zero-order chi connectivity index (χ0) is 22.9. The van der Waals surface area contributed by atoms with Crippen LogP contribution in [0, 0.1) is 0 Å². The summed E-state index contributed by atoms with van der Waals surface area (Å²) >= 11 is 0. The number of aromatic nitrogens is 2. The van der Waals surface area contributed by atoms with Gasteiger partial charge in [0, 0.05) is 29.7 Å². The standard InChI is InChI=1S/C22H22N4O6/c1-29-17-9-14(10-18(30-2)21(17)31-3)22(28)25-12-19(27)26-15-5-4-6-16(11-15)32-20-13-23-7-8-24-20/h4-11,13H,12H2,1-3H3,(H,25,28)(H,26,27). The van der Waals surface area contributed by atoms with Crippen molar-refractivity contribution in [2.24, 2.45) is 0 Å². The summed E-state index contributed by atoms with van der Waals surface area (Å²) in [5.74, 6) is 0.954. The normalized spacial score (nSPS) is 10.1. The van der Waals surface area contributed by atoms with Crippen molar-refractivity contribution in [3.8, 4) is 28.9 Å². The Morgan fingerprint density at radius 1 is 0.969 bits per heavy atom. The van der Waals surface area contributed by atoms with Crippen LogP contribution in [0.15, 0.2) is 55.0 Å². The van der Waals surface area contributed by atoms with E-state index in [0.29, 0.717) is 34.6 Å². The Hall–Kier alpha value is -4.34. The number of hydrogen-bond acceptors (Lipinski definition) is 8. The van der Waals surface area contributed by atoms with Crippen LogP contribution in [0.2, 0.25) is 0 Å². The van der Waals surface area contributed by atoms with Crippen LogP contribution in [0.5, 0.6) is 28.9 Å². The summed E-state index contributed by atoms with van der Waals surface area (Å²) < 4.78 is 21.3. The molecule has 1 heterocycles. The van der Waals surface area contributed by atoms with Crippen molar-refractivity contribution in [2.45, 2.75) is 0 Å². The van der Waals surface area contributed by atoms with E-state index in [-0.39, 0.29) is 12.1 Å². The molecule has 3 rings (SSSR count). The topological polar surface area (TPSA) is 121 Å². The molecule has 0 aliphatic rings. The number of nitrogens with zero attached hydrogens (tertiary/aromatic N) is 2. The number of rotatable bonds is 9. The highest BCUT2D eigenvalue weighted by Crippen LogP contribution is 2.38. The zero-order valence-corrected chi connectivity index (χ0v) is 17.7. The lowest BCUT2D eigenvalue weighted by Gasteiger charge is -2.14. The van der Waals surface area contributed by atoms with E-state index in [1.165, 1.54) is 52.1 Å². The number of carbonyl (C=O) groups is 2. The van der Waals surface area contributed by atoms with Gasteiger partial charge < -0.3 is 29.6 Å². The zero-order valence-electron chi connectivity index (χ0n) is 17.7. The minimum Gasteiger partial charge on any atom is -0.493 e. The smallest absolute Gasteiger partial charge is 0.251 e. The van der Waals surface area contributed by atoms with Gasteiger partial charge in [0.2, 0.25) is 17.5 Å². The highest BCUT2D eigenvalue weighted by Gasteiger charge is 2.17. The van der Waals surface area contributed by atoms with Crippen molar-refractivity contribution in [2.75, 3.05) is 33.2 Å². The quantitative estimate of drug-likeness (QED) is 0.523. The van der Waals surface area contributed by atoms with Crippen LogP contribution < -0.4 is 29.6 Å². The Kier molecular flexibility index (Phi) is 7.42. The lowest BCUT2D eigenvalue weighted by molar-refractivity contribution is -0.115. The molecule has 0 saturated heterocycles. The Morgan fingerprint density at radius 3 is 2.34 bits per heavy atom. The molecule has 0 bridgehead atoms. The van der Waals surface area contributed by atoms with E-state index in [1.807, 2.05) is 0 Å². The van der Waals surface area contributed by atoms with Crippen LogP contribution in [-0.4, -0.2) is 49.7 Å².